The van der Waals surface area contributed by atoms with Gasteiger partial charge in [-0.25, -0.2) is 0 Å². The number of amides is 1. The molecule has 4 N–H and O–H groups in total. The monoisotopic (exact) mass is 563 g/mol. The lowest BCUT2D eigenvalue weighted by atomic mass is 9.92. The van der Waals surface area contributed by atoms with Gasteiger partial charge in [0.15, 0.2) is 0 Å². The predicted molar refractivity (Wildman–Crippen MR) is 173 cm³/mol. The van der Waals surface area contributed by atoms with E-state index < -0.39 is 0 Å². The van der Waals surface area contributed by atoms with E-state index in [1.807, 2.05) is 19.1 Å². The number of carbonyl (C=O) groups excluding carboxylic acids is 1. The fraction of sp³-hybridized carbons (Fsp3) is 0.472. The molecule has 3 aromatic rings. The first-order valence-corrected chi connectivity index (χ1v) is 15.9. The molecule has 3 fully saturated rings. The van der Waals surface area contributed by atoms with Crippen molar-refractivity contribution >= 4 is 22.4 Å². The van der Waals surface area contributed by atoms with Crippen LogP contribution in [0.4, 0.5) is 5.69 Å². The molecule has 6 rings (SSSR count). The Hall–Kier alpha value is -3.37. The van der Waals surface area contributed by atoms with E-state index in [0.717, 1.165) is 78.1 Å². The highest BCUT2D eigenvalue weighted by molar-refractivity contribution is 5.97. The second kappa shape index (κ2) is 13.3. The maximum atomic E-state index is 13.4. The van der Waals surface area contributed by atoms with Crippen molar-refractivity contribution in [1.82, 2.24) is 20.9 Å². The molecule has 0 aromatic heterocycles. The van der Waals surface area contributed by atoms with Crippen LogP contribution >= 0.6 is 0 Å². The van der Waals surface area contributed by atoms with Crippen LogP contribution in [0.15, 0.2) is 54.6 Å². The van der Waals surface area contributed by atoms with E-state index in [2.05, 4.69) is 87.4 Å². The third kappa shape index (κ3) is 6.81. The van der Waals surface area contributed by atoms with Crippen molar-refractivity contribution in [2.75, 3.05) is 51.1 Å². The smallest absolute Gasteiger partial charge is 0.252 e. The fourth-order valence-electron chi connectivity index (χ4n) is 6.61. The number of piperidine rings is 2. The van der Waals surface area contributed by atoms with Gasteiger partial charge >= 0.3 is 0 Å². The number of anilines is 1. The summed E-state index contributed by atoms with van der Waals surface area (Å²) in [6.45, 7) is 11.9. The molecule has 3 heterocycles. The summed E-state index contributed by atoms with van der Waals surface area (Å²) in [5.74, 6) is 8.44. The average molecular weight is 564 g/mol. The van der Waals surface area contributed by atoms with Crippen LogP contribution in [0.5, 0.6) is 0 Å². The lowest BCUT2D eigenvalue weighted by Gasteiger charge is -2.34. The van der Waals surface area contributed by atoms with Crippen molar-refractivity contribution in [1.29, 1.82) is 0 Å². The molecule has 0 aliphatic carbocycles. The van der Waals surface area contributed by atoms with Gasteiger partial charge in [0.25, 0.3) is 5.91 Å². The molecule has 6 nitrogen and oxygen atoms in total. The maximum Gasteiger partial charge on any atom is 0.252 e. The van der Waals surface area contributed by atoms with Crippen LogP contribution in [0.25, 0.3) is 10.8 Å². The number of benzene rings is 3. The summed E-state index contributed by atoms with van der Waals surface area (Å²) in [6.07, 6.45) is 4.94. The lowest BCUT2D eigenvalue weighted by molar-refractivity contribution is 0.0939. The van der Waals surface area contributed by atoms with E-state index in [-0.39, 0.29) is 11.9 Å². The normalized spacial score (nSPS) is 19.5. The number of rotatable bonds is 7. The van der Waals surface area contributed by atoms with E-state index in [0.29, 0.717) is 17.5 Å². The summed E-state index contributed by atoms with van der Waals surface area (Å²) in [6, 6.07) is 19.1. The average Bonchev–Trinajstić information content (AvgIpc) is 2.99. The number of nitrogens with one attached hydrogen (secondary N) is 4. The number of likely N-dealkylation sites (tertiary alicyclic amines) is 1. The molecule has 1 unspecified atom stereocenters. The van der Waals surface area contributed by atoms with Gasteiger partial charge < -0.3 is 26.2 Å². The Bertz CT molecular complexity index is 1450. The Labute approximate surface area is 251 Å². The van der Waals surface area contributed by atoms with Crippen LogP contribution in [0, 0.1) is 30.6 Å². The van der Waals surface area contributed by atoms with Gasteiger partial charge in [-0.3, -0.25) is 4.79 Å². The van der Waals surface area contributed by atoms with E-state index >= 15 is 0 Å². The SMILES string of the molecule is Cc1ccc(NC2CNC2)cc1C(=O)NC(C)c1ccc(C#CC2CCN(CC3CCNCC3)CC2)c2ccccc12. The number of aryl methyl sites for hydroxylation is 1. The minimum absolute atomic E-state index is 0.0465. The first kappa shape index (κ1) is 28.7. The Kier molecular flexibility index (Phi) is 9.09. The minimum Gasteiger partial charge on any atom is -0.380 e. The molecule has 3 aliphatic heterocycles. The zero-order valence-electron chi connectivity index (χ0n) is 25.1. The Morgan fingerprint density at radius 1 is 0.976 bits per heavy atom. The molecule has 1 amide bonds. The van der Waals surface area contributed by atoms with Crippen molar-refractivity contribution in [3.8, 4) is 11.8 Å². The molecule has 0 saturated carbocycles. The Morgan fingerprint density at radius 3 is 2.48 bits per heavy atom. The van der Waals surface area contributed by atoms with Gasteiger partial charge in [-0.2, -0.15) is 0 Å². The predicted octanol–water partition coefficient (Wildman–Crippen LogP) is 5.09. The lowest BCUT2D eigenvalue weighted by Crippen LogP contribution is -2.51. The van der Waals surface area contributed by atoms with Crippen LogP contribution in [0.1, 0.15) is 65.7 Å². The second-order valence-corrected chi connectivity index (χ2v) is 12.5. The highest BCUT2D eigenvalue weighted by Gasteiger charge is 2.22. The summed E-state index contributed by atoms with van der Waals surface area (Å²) in [5.41, 5.74) is 4.87. The second-order valence-electron chi connectivity index (χ2n) is 12.5. The van der Waals surface area contributed by atoms with Crippen LogP contribution in [-0.4, -0.2) is 62.7 Å². The quantitative estimate of drug-likeness (QED) is 0.302. The molecule has 0 spiro atoms. The van der Waals surface area contributed by atoms with Gasteiger partial charge in [-0.15, -0.1) is 0 Å². The van der Waals surface area contributed by atoms with Gasteiger partial charge in [0.05, 0.1) is 12.1 Å². The molecule has 3 aliphatic rings. The summed E-state index contributed by atoms with van der Waals surface area (Å²) in [4.78, 5) is 16.1. The number of hydrogen-bond donors (Lipinski definition) is 4. The van der Waals surface area contributed by atoms with Crippen molar-refractivity contribution in [3.63, 3.8) is 0 Å². The van der Waals surface area contributed by atoms with Crippen LogP contribution < -0.4 is 21.3 Å². The van der Waals surface area contributed by atoms with E-state index in [1.54, 1.807) is 0 Å². The number of nitrogens with zero attached hydrogens (tertiary/aromatic N) is 1. The number of hydrogen-bond acceptors (Lipinski definition) is 5. The first-order valence-electron chi connectivity index (χ1n) is 15.9. The standard InChI is InChI=1S/C36H45N5O/c1-25-7-11-30(40-31-22-38-23-31)21-35(25)36(42)39-26(2)32-12-10-29(33-5-3-4-6-34(32)33)9-8-27-15-19-41(20-16-27)24-28-13-17-37-18-14-28/h3-7,10-12,21,26-28,31,37-38,40H,13-20,22-24H2,1-2H3,(H,39,42). The van der Waals surface area contributed by atoms with Crippen LogP contribution in [0.3, 0.4) is 0 Å². The fourth-order valence-corrected chi connectivity index (χ4v) is 6.61. The Morgan fingerprint density at radius 2 is 1.74 bits per heavy atom. The first-order chi connectivity index (χ1) is 20.5. The summed E-state index contributed by atoms with van der Waals surface area (Å²) >= 11 is 0. The van der Waals surface area contributed by atoms with E-state index in [4.69, 9.17) is 0 Å². The van der Waals surface area contributed by atoms with Gasteiger partial charge in [0.1, 0.15) is 0 Å². The zero-order valence-corrected chi connectivity index (χ0v) is 25.1. The summed E-state index contributed by atoms with van der Waals surface area (Å²) in [5, 5.41) is 15.8. The van der Waals surface area contributed by atoms with Crippen molar-refractivity contribution in [2.45, 2.75) is 51.6 Å². The molecule has 6 heteroatoms. The summed E-state index contributed by atoms with van der Waals surface area (Å²) < 4.78 is 0. The molecular formula is C36H45N5O. The molecule has 1 atom stereocenters. The topological polar surface area (TPSA) is 68.4 Å². The summed E-state index contributed by atoms with van der Waals surface area (Å²) in [7, 11) is 0. The van der Waals surface area contributed by atoms with Gasteiger partial charge in [-0.1, -0.05) is 48.2 Å². The third-order valence-corrected chi connectivity index (χ3v) is 9.38. The van der Waals surface area contributed by atoms with E-state index in [1.165, 1.54) is 32.5 Å². The number of fused-ring (bicyclic) bond motifs is 1. The van der Waals surface area contributed by atoms with Crippen LogP contribution in [0.2, 0.25) is 0 Å². The molecule has 0 bridgehead atoms. The molecule has 0 radical (unpaired) electrons. The molecule has 3 aromatic carbocycles. The van der Waals surface area contributed by atoms with Crippen molar-refractivity contribution < 1.29 is 4.79 Å². The molecular weight excluding hydrogens is 518 g/mol. The molecule has 3 saturated heterocycles. The largest absolute Gasteiger partial charge is 0.380 e. The van der Waals surface area contributed by atoms with Crippen LogP contribution in [-0.2, 0) is 0 Å². The maximum absolute atomic E-state index is 13.4. The molecule has 42 heavy (non-hydrogen) atoms. The highest BCUT2D eigenvalue weighted by Crippen LogP contribution is 2.28. The van der Waals surface area contributed by atoms with Gasteiger partial charge in [0, 0.05) is 42.4 Å². The Balaban J connectivity index is 1.12. The number of carbonyl (C=O) groups is 1. The third-order valence-electron chi connectivity index (χ3n) is 9.38. The molecule has 220 valence electrons. The van der Waals surface area contributed by atoms with Gasteiger partial charge in [0.2, 0.25) is 0 Å². The van der Waals surface area contributed by atoms with Crippen molar-refractivity contribution in [3.05, 3.63) is 76.9 Å². The van der Waals surface area contributed by atoms with Gasteiger partial charge in [-0.05, 0) is 112 Å². The minimum atomic E-state index is -0.138. The van der Waals surface area contributed by atoms with E-state index in [9.17, 15) is 4.79 Å². The van der Waals surface area contributed by atoms with Crippen molar-refractivity contribution in [2.24, 2.45) is 11.8 Å². The highest BCUT2D eigenvalue weighted by atomic mass is 16.1. The zero-order chi connectivity index (χ0) is 28.9.